The Balaban J connectivity index is 1.86. The smallest absolute Gasteiger partial charge is 0.243 e. The van der Waals surface area contributed by atoms with Crippen LogP contribution in [0.2, 0.25) is 0 Å². The number of anilines is 2. The molecular formula is C17H19BrN2O2. The lowest BCUT2D eigenvalue weighted by atomic mass is 10.3. The molecule has 2 N–H and O–H groups in total. The molecule has 22 heavy (non-hydrogen) atoms. The van der Waals surface area contributed by atoms with Gasteiger partial charge in [-0.2, -0.15) is 0 Å². The third-order valence-electron chi connectivity index (χ3n) is 2.79. The third kappa shape index (κ3) is 5.41. The Bertz CT molecular complexity index is 627. The first-order chi connectivity index (χ1) is 10.5. The zero-order chi connectivity index (χ0) is 15.9. The minimum atomic E-state index is -0.0995. The van der Waals surface area contributed by atoms with Crippen LogP contribution in [0.1, 0.15) is 13.8 Å². The van der Waals surface area contributed by atoms with Gasteiger partial charge in [0.25, 0.3) is 0 Å². The summed E-state index contributed by atoms with van der Waals surface area (Å²) in [5.41, 5.74) is 1.62. The number of rotatable bonds is 6. The summed E-state index contributed by atoms with van der Waals surface area (Å²) in [5, 5.41) is 5.92. The molecule has 5 heteroatoms. The lowest BCUT2D eigenvalue weighted by molar-refractivity contribution is -0.114. The zero-order valence-electron chi connectivity index (χ0n) is 12.6. The lowest BCUT2D eigenvalue weighted by Crippen LogP contribution is -2.21. The Labute approximate surface area is 139 Å². The van der Waals surface area contributed by atoms with Gasteiger partial charge in [0.2, 0.25) is 5.91 Å². The predicted octanol–water partition coefficient (Wildman–Crippen LogP) is 4.29. The molecule has 4 nitrogen and oxygen atoms in total. The number of ether oxygens (including phenoxy) is 1. The minimum absolute atomic E-state index is 0.0995. The van der Waals surface area contributed by atoms with E-state index in [-0.39, 0.29) is 18.6 Å². The highest BCUT2D eigenvalue weighted by molar-refractivity contribution is 9.10. The maximum absolute atomic E-state index is 11.9. The first-order valence-electron chi connectivity index (χ1n) is 7.09. The molecule has 0 radical (unpaired) electrons. The summed E-state index contributed by atoms with van der Waals surface area (Å²) in [5.74, 6) is 0.686. The van der Waals surface area contributed by atoms with Crippen molar-refractivity contribution in [2.24, 2.45) is 0 Å². The second kappa shape index (κ2) is 7.84. The van der Waals surface area contributed by atoms with Crippen LogP contribution in [0.25, 0.3) is 0 Å². The van der Waals surface area contributed by atoms with E-state index >= 15 is 0 Å². The molecule has 1 amide bonds. The molecule has 2 aromatic rings. The Morgan fingerprint density at radius 2 is 1.86 bits per heavy atom. The maximum Gasteiger partial charge on any atom is 0.243 e. The number of amides is 1. The minimum Gasteiger partial charge on any atom is -0.491 e. The van der Waals surface area contributed by atoms with E-state index in [4.69, 9.17) is 4.74 Å². The highest BCUT2D eigenvalue weighted by Gasteiger charge is 2.04. The number of benzene rings is 2. The first kappa shape index (κ1) is 16.4. The van der Waals surface area contributed by atoms with Gasteiger partial charge in [0.15, 0.2) is 0 Å². The number of carbonyl (C=O) groups excluding carboxylic acids is 1. The highest BCUT2D eigenvalue weighted by atomic mass is 79.9. The number of hydrogen-bond donors (Lipinski definition) is 2. The normalized spacial score (nSPS) is 10.4. The van der Waals surface area contributed by atoms with Crippen LogP contribution in [0.15, 0.2) is 53.0 Å². The molecule has 0 aliphatic carbocycles. The van der Waals surface area contributed by atoms with Gasteiger partial charge in [0, 0.05) is 21.9 Å². The van der Waals surface area contributed by atoms with Gasteiger partial charge in [-0.3, -0.25) is 4.79 Å². The number of carbonyl (C=O) groups is 1. The molecule has 0 aliphatic rings. The predicted molar refractivity (Wildman–Crippen MR) is 93.5 cm³/mol. The first-order valence-corrected chi connectivity index (χ1v) is 7.88. The average molecular weight is 363 g/mol. The maximum atomic E-state index is 11.9. The topological polar surface area (TPSA) is 50.4 Å². The third-order valence-corrected chi connectivity index (χ3v) is 3.32. The Hall–Kier alpha value is -2.01. The van der Waals surface area contributed by atoms with Crippen molar-refractivity contribution in [1.82, 2.24) is 0 Å². The molecule has 0 bridgehead atoms. The van der Waals surface area contributed by atoms with Crippen LogP contribution < -0.4 is 15.4 Å². The van der Waals surface area contributed by atoms with Gasteiger partial charge in [0.05, 0.1) is 12.6 Å². The van der Waals surface area contributed by atoms with Crippen molar-refractivity contribution >= 4 is 33.2 Å². The van der Waals surface area contributed by atoms with Crippen molar-refractivity contribution in [3.05, 3.63) is 53.0 Å². The van der Waals surface area contributed by atoms with Gasteiger partial charge in [-0.05, 0) is 50.2 Å². The zero-order valence-corrected chi connectivity index (χ0v) is 14.2. The summed E-state index contributed by atoms with van der Waals surface area (Å²) in [6, 6.07) is 15.0. The van der Waals surface area contributed by atoms with E-state index in [0.717, 1.165) is 21.6 Å². The molecule has 0 heterocycles. The van der Waals surface area contributed by atoms with Crippen molar-refractivity contribution in [2.75, 3.05) is 17.2 Å². The van der Waals surface area contributed by atoms with Gasteiger partial charge in [0.1, 0.15) is 5.75 Å². The highest BCUT2D eigenvalue weighted by Crippen LogP contribution is 2.18. The molecule has 0 unspecified atom stereocenters. The van der Waals surface area contributed by atoms with Gasteiger partial charge in [-0.1, -0.05) is 22.0 Å². The second-order valence-corrected chi connectivity index (χ2v) is 6.02. The van der Waals surface area contributed by atoms with Crippen molar-refractivity contribution < 1.29 is 9.53 Å². The molecule has 2 aromatic carbocycles. The van der Waals surface area contributed by atoms with Crippen molar-refractivity contribution in [1.29, 1.82) is 0 Å². The van der Waals surface area contributed by atoms with Crippen molar-refractivity contribution in [3.63, 3.8) is 0 Å². The van der Waals surface area contributed by atoms with Crippen LogP contribution in [0.5, 0.6) is 5.75 Å². The van der Waals surface area contributed by atoms with Crippen molar-refractivity contribution in [2.45, 2.75) is 20.0 Å². The Morgan fingerprint density at radius 3 is 2.55 bits per heavy atom. The van der Waals surface area contributed by atoms with Gasteiger partial charge >= 0.3 is 0 Å². The molecular weight excluding hydrogens is 344 g/mol. The van der Waals surface area contributed by atoms with E-state index in [1.165, 1.54) is 0 Å². The molecule has 2 rings (SSSR count). The van der Waals surface area contributed by atoms with Crippen molar-refractivity contribution in [3.8, 4) is 5.75 Å². The van der Waals surface area contributed by atoms with Crippen LogP contribution in [0.4, 0.5) is 11.4 Å². The monoisotopic (exact) mass is 362 g/mol. The van der Waals surface area contributed by atoms with E-state index in [0.29, 0.717) is 0 Å². The van der Waals surface area contributed by atoms with Crippen LogP contribution in [0.3, 0.4) is 0 Å². The summed E-state index contributed by atoms with van der Waals surface area (Å²) in [7, 11) is 0. The van der Waals surface area contributed by atoms with E-state index in [1.54, 1.807) is 0 Å². The van der Waals surface area contributed by atoms with Crippen LogP contribution in [-0.4, -0.2) is 18.6 Å². The number of halogens is 1. The van der Waals surface area contributed by atoms with E-state index < -0.39 is 0 Å². The summed E-state index contributed by atoms with van der Waals surface area (Å²) < 4.78 is 6.60. The fourth-order valence-corrected chi connectivity index (χ4v) is 2.14. The number of hydrogen-bond acceptors (Lipinski definition) is 3. The van der Waals surface area contributed by atoms with E-state index in [2.05, 4.69) is 26.6 Å². The SMILES string of the molecule is CC(C)Oc1cccc(NCC(=O)Nc2ccc(Br)cc2)c1. The molecule has 0 saturated carbocycles. The molecule has 116 valence electrons. The fourth-order valence-electron chi connectivity index (χ4n) is 1.87. The standard InChI is InChI=1S/C17H19BrN2O2/c1-12(2)22-16-5-3-4-15(10-16)19-11-17(21)20-14-8-6-13(18)7-9-14/h3-10,12,19H,11H2,1-2H3,(H,20,21). The molecule has 0 aliphatic heterocycles. The van der Waals surface area contributed by atoms with Gasteiger partial charge in [-0.15, -0.1) is 0 Å². The molecule has 0 spiro atoms. The summed E-state index contributed by atoms with van der Waals surface area (Å²) in [6.45, 7) is 4.15. The molecule has 0 atom stereocenters. The second-order valence-electron chi connectivity index (χ2n) is 5.10. The summed E-state index contributed by atoms with van der Waals surface area (Å²) in [4.78, 5) is 11.9. The quantitative estimate of drug-likeness (QED) is 0.805. The molecule has 0 aromatic heterocycles. The summed E-state index contributed by atoms with van der Waals surface area (Å²) in [6.07, 6.45) is 0.121. The fraction of sp³-hybridized carbons (Fsp3) is 0.235. The van der Waals surface area contributed by atoms with Crippen LogP contribution >= 0.6 is 15.9 Å². The van der Waals surface area contributed by atoms with E-state index in [1.807, 2.05) is 62.4 Å². The number of nitrogens with one attached hydrogen (secondary N) is 2. The molecule has 0 saturated heterocycles. The van der Waals surface area contributed by atoms with Gasteiger partial charge < -0.3 is 15.4 Å². The van der Waals surface area contributed by atoms with Gasteiger partial charge in [-0.25, -0.2) is 0 Å². The van der Waals surface area contributed by atoms with Crippen LogP contribution in [-0.2, 0) is 4.79 Å². The molecule has 0 fully saturated rings. The average Bonchev–Trinajstić information content (AvgIpc) is 2.47. The van der Waals surface area contributed by atoms with Crippen LogP contribution in [0, 0.1) is 0 Å². The Morgan fingerprint density at radius 1 is 1.14 bits per heavy atom. The van der Waals surface area contributed by atoms with E-state index in [9.17, 15) is 4.79 Å². The summed E-state index contributed by atoms with van der Waals surface area (Å²) >= 11 is 3.36. The largest absolute Gasteiger partial charge is 0.491 e. The lowest BCUT2D eigenvalue weighted by Gasteiger charge is -2.12. The Kier molecular flexibility index (Phi) is 5.83.